The highest BCUT2D eigenvalue weighted by Crippen LogP contribution is 2.18. The lowest BCUT2D eigenvalue weighted by molar-refractivity contribution is 0.0953. The molecule has 0 saturated heterocycles. The maximum atomic E-state index is 11.8. The molecule has 0 aromatic heterocycles. The number of ether oxygens (including phenoxy) is 1. The molecule has 94 valence electrons. The van der Waals surface area contributed by atoms with Crippen molar-refractivity contribution in [3.63, 3.8) is 0 Å². The van der Waals surface area contributed by atoms with Crippen LogP contribution in [0.3, 0.4) is 0 Å². The number of hydrogen-bond donors (Lipinski definition) is 2. The van der Waals surface area contributed by atoms with Gasteiger partial charge < -0.3 is 15.4 Å². The minimum absolute atomic E-state index is 0.0683. The zero-order valence-electron chi connectivity index (χ0n) is 10.7. The third-order valence-electron chi connectivity index (χ3n) is 2.51. The van der Waals surface area contributed by atoms with E-state index >= 15 is 0 Å². The van der Waals surface area contributed by atoms with Gasteiger partial charge in [0.15, 0.2) is 0 Å². The van der Waals surface area contributed by atoms with E-state index < -0.39 is 0 Å². The van der Waals surface area contributed by atoms with E-state index in [-0.39, 0.29) is 5.91 Å². The first kappa shape index (κ1) is 13.5. The Bertz CT molecular complexity index is 378. The molecule has 0 radical (unpaired) electrons. The molecule has 0 unspecified atom stereocenters. The number of methoxy groups -OCH3 is 1. The highest BCUT2D eigenvalue weighted by Gasteiger charge is 2.07. The van der Waals surface area contributed by atoms with Crippen LogP contribution in [-0.4, -0.2) is 32.7 Å². The van der Waals surface area contributed by atoms with Gasteiger partial charge in [0.25, 0.3) is 5.91 Å². The van der Waals surface area contributed by atoms with Crippen LogP contribution in [-0.2, 0) is 0 Å². The van der Waals surface area contributed by atoms with Gasteiger partial charge in [0.1, 0.15) is 5.75 Å². The van der Waals surface area contributed by atoms with Crippen molar-refractivity contribution in [2.75, 3.05) is 26.7 Å². The van der Waals surface area contributed by atoms with Crippen LogP contribution < -0.4 is 15.4 Å². The fourth-order valence-corrected chi connectivity index (χ4v) is 1.50. The molecule has 1 aromatic carbocycles. The number of hydrogen-bond acceptors (Lipinski definition) is 3. The van der Waals surface area contributed by atoms with E-state index in [1.54, 1.807) is 19.2 Å². The lowest BCUT2D eigenvalue weighted by Crippen LogP contribution is -2.31. The first-order chi connectivity index (χ1) is 8.19. The topological polar surface area (TPSA) is 50.4 Å². The Morgan fingerprint density at radius 1 is 1.35 bits per heavy atom. The molecule has 0 aliphatic heterocycles. The van der Waals surface area contributed by atoms with Crippen molar-refractivity contribution in [1.29, 1.82) is 0 Å². The molecule has 1 amide bonds. The fourth-order valence-electron chi connectivity index (χ4n) is 1.50. The molecule has 0 spiro atoms. The summed E-state index contributed by atoms with van der Waals surface area (Å²) in [7, 11) is 1.61. The highest BCUT2D eigenvalue weighted by molar-refractivity contribution is 5.94. The van der Waals surface area contributed by atoms with Gasteiger partial charge in [-0.25, -0.2) is 0 Å². The van der Waals surface area contributed by atoms with Crippen LogP contribution in [0.5, 0.6) is 5.75 Å². The zero-order chi connectivity index (χ0) is 12.7. The molecule has 0 heterocycles. The van der Waals surface area contributed by atoms with Gasteiger partial charge in [-0.2, -0.15) is 0 Å². The first-order valence-corrected chi connectivity index (χ1v) is 5.82. The molecule has 0 aliphatic rings. The van der Waals surface area contributed by atoms with E-state index in [0.717, 1.165) is 24.4 Å². The van der Waals surface area contributed by atoms with Gasteiger partial charge in [0.2, 0.25) is 0 Å². The number of nitrogens with one attached hydrogen (secondary N) is 2. The van der Waals surface area contributed by atoms with Gasteiger partial charge in [0.05, 0.1) is 7.11 Å². The van der Waals surface area contributed by atoms with Crippen molar-refractivity contribution in [2.24, 2.45) is 0 Å². The summed E-state index contributed by atoms with van der Waals surface area (Å²) in [5.41, 5.74) is 1.65. The summed E-state index contributed by atoms with van der Waals surface area (Å²) >= 11 is 0. The standard InChI is InChI=1S/C13H20N2O2/c1-4-14-7-8-15-13(16)11-6-5-10(2)12(9-11)17-3/h5-6,9,14H,4,7-8H2,1-3H3,(H,15,16). The quantitative estimate of drug-likeness (QED) is 0.733. The minimum atomic E-state index is -0.0683. The Morgan fingerprint density at radius 3 is 2.76 bits per heavy atom. The van der Waals surface area contributed by atoms with E-state index in [9.17, 15) is 4.79 Å². The van der Waals surface area contributed by atoms with Crippen LogP contribution in [0.1, 0.15) is 22.8 Å². The monoisotopic (exact) mass is 236 g/mol. The van der Waals surface area contributed by atoms with E-state index in [0.29, 0.717) is 12.1 Å². The zero-order valence-corrected chi connectivity index (χ0v) is 10.7. The maximum Gasteiger partial charge on any atom is 0.251 e. The Hall–Kier alpha value is -1.55. The molecular formula is C13H20N2O2. The van der Waals surface area contributed by atoms with Crippen LogP contribution in [0, 0.1) is 6.92 Å². The number of carbonyl (C=O) groups is 1. The SMILES string of the molecule is CCNCCNC(=O)c1ccc(C)c(OC)c1. The van der Waals surface area contributed by atoms with Gasteiger partial charge in [0, 0.05) is 18.7 Å². The van der Waals surface area contributed by atoms with Gasteiger partial charge in [-0.3, -0.25) is 4.79 Å². The minimum Gasteiger partial charge on any atom is -0.496 e. The number of rotatable bonds is 6. The van der Waals surface area contributed by atoms with Crippen LogP contribution in [0.4, 0.5) is 0 Å². The van der Waals surface area contributed by atoms with E-state index in [2.05, 4.69) is 10.6 Å². The van der Waals surface area contributed by atoms with Crippen molar-refractivity contribution in [2.45, 2.75) is 13.8 Å². The largest absolute Gasteiger partial charge is 0.496 e. The van der Waals surface area contributed by atoms with Gasteiger partial charge >= 0.3 is 0 Å². The average molecular weight is 236 g/mol. The summed E-state index contributed by atoms with van der Waals surface area (Å²) in [6, 6.07) is 5.45. The van der Waals surface area contributed by atoms with E-state index in [1.807, 2.05) is 19.9 Å². The summed E-state index contributed by atoms with van der Waals surface area (Å²) in [6.45, 7) is 6.31. The molecule has 1 rings (SSSR count). The van der Waals surface area contributed by atoms with Crippen LogP contribution >= 0.6 is 0 Å². The molecule has 0 aliphatic carbocycles. The number of amides is 1. The number of benzene rings is 1. The van der Waals surface area contributed by atoms with Crippen LogP contribution in [0.2, 0.25) is 0 Å². The second kappa shape index (κ2) is 6.91. The molecule has 0 atom stereocenters. The second-order valence-corrected chi connectivity index (χ2v) is 3.79. The Labute approximate surface area is 102 Å². The van der Waals surface area contributed by atoms with Crippen molar-refractivity contribution in [1.82, 2.24) is 10.6 Å². The molecule has 0 fully saturated rings. The molecule has 0 saturated carbocycles. The molecular weight excluding hydrogens is 216 g/mol. The van der Waals surface area contributed by atoms with Gasteiger partial charge in [-0.15, -0.1) is 0 Å². The molecule has 2 N–H and O–H groups in total. The lowest BCUT2D eigenvalue weighted by atomic mass is 10.1. The molecule has 4 nitrogen and oxygen atoms in total. The third kappa shape index (κ3) is 4.07. The number of aryl methyl sites for hydroxylation is 1. The van der Waals surface area contributed by atoms with E-state index in [4.69, 9.17) is 4.74 Å². The number of carbonyl (C=O) groups excluding carboxylic acids is 1. The van der Waals surface area contributed by atoms with Crippen molar-refractivity contribution in [3.05, 3.63) is 29.3 Å². The van der Waals surface area contributed by atoms with Crippen LogP contribution in [0.15, 0.2) is 18.2 Å². The molecule has 17 heavy (non-hydrogen) atoms. The number of likely N-dealkylation sites (N-methyl/N-ethyl adjacent to an activating group) is 1. The van der Waals surface area contributed by atoms with Gasteiger partial charge in [-0.05, 0) is 31.2 Å². The highest BCUT2D eigenvalue weighted by atomic mass is 16.5. The normalized spacial score (nSPS) is 10.1. The summed E-state index contributed by atoms with van der Waals surface area (Å²) in [5, 5.41) is 5.99. The Morgan fingerprint density at radius 2 is 2.12 bits per heavy atom. The summed E-state index contributed by atoms with van der Waals surface area (Å²) in [4.78, 5) is 11.8. The molecule has 4 heteroatoms. The molecule has 1 aromatic rings. The second-order valence-electron chi connectivity index (χ2n) is 3.79. The smallest absolute Gasteiger partial charge is 0.251 e. The summed E-state index contributed by atoms with van der Waals surface area (Å²) in [6.07, 6.45) is 0. The third-order valence-corrected chi connectivity index (χ3v) is 2.51. The van der Waals surface area contributed by atoms with Crippen molar-refractivity contribution in [3.8, 4) is 5.75 Å². The van der Waals surface area contributed by atoms with E-state index in [1.165, 1.54) is 0 Å². The Kier molecular flexibility index (Phi) is 5.49. The Balaban J connectivity index is 2.57. The average Bonchev–Trinajstić information content (AvgIpc) is 2.35. The summed E-state index contributed by atoms with van der Waals surface area (Å²) < 4.78 is 5.19. The first-order valence-electron chi connectivity index (χ1n) is 5.82. The van der Waals surface area contributed by atoms with Crippen molar-refractivity contribution < 1.29 is 9.53 Å². The maximum absolute atomic E-state index is 11.8. The summed E-state index contributed by atoms with van der Waals surface area (Å²) in [5.74, 6) is 0.672. The van der Waals surface area contributed by atoms with Crippen LogP contribution in [0.25, 0.3) is 0 Å². The lowest BCUT2D eigenvalue weighted by Gasteiger charge is -2.08. The predicted octanol–water partition coefficient (Wildman–Crippen LogP) is 1.34. The van der Waals surface area contributed by atoms with Crippen molar-refractivity contribution >= 4 is 5.91 Å². The molecule has 0 bridgehead atoms. The fraction of sp³-hybridized carbons (Fsp3) is 0.462. The predicted molar refractivity (Wildman–Crippen MR) is 68.6 cm³/mol. The van der Waals surface area contributed by atoms with Gasteiger partial charge in [-0.1, -0.05) is 13.0 Å².